The number of ether oxygens (including phenoxy) is 3. The number of carbonyl (C=O) groups excluding carboxylic acids is 1. The van der Waals surface area contributed by atoms with Crippen molar-refractivity contribution >= 4 is 17.6 Å². The van der Waals surface area contributed by atoms with E-state index in [9.17, 15) is 4.79 Å². The second kappa shape index (κ2) is 13.9. The van der Waals surface area contributed by atoms with Crippen LogP contribution in [0.5, 0.6) is 0 Å². The van der Waals surface area contributed by atoms with Crippen molar-refractivity contribution < 1.29 is 19.0 Å². The molecule has 1 saturated carbocycles. The van der Waals surface area contributed by atoms with E-state index in [1.807, 2.05) is 38.1 Å². The van der Waals surface area contributed by atoms with E-state index in [4.69, 9.17) is 24.2 Å². The van der Waals surface area contributed by atoms with Crippen LogP contribution in [0, 0.1) is 5.92 Å². The number of nitrogens with zero attached hydrogens (tertiary/aromatic N) is 4. The molecule has 5 rings (SSSR count). The second-order valence-electron chi connectivity index (χ2n) is 11.0. The third-order valence-electron chi connectivity index (χ3n) is 7.75. The zero-order chi connectivity index (χ0) is 28.5. The Balaban J connectivity index is 1.17. The molecule has 0 radical (unpaired) electrons. The molecule has 0 atom stereocenters. The monoisotopic (exact) mass is 559 g/mol. The van der Waals surface area contributed by atoms with Gasteiger partial charge in [0.25, 0.3) is 0 Å². The summed E-state index contributed by atoms with van der Waals surface area (Å²) in [6, 6.07) is 16.5. The molecule has 3 heterocycles. The molecule has 1 aromatic carbocycles. The van der Waals surface area contributed by atoms with E-state index < -0.39 is 5.60 Å². The Labute approximate surface area is 242 Å². The van der Waals surface area contributed by atoms with E-state index in [-0.39, 0.29) is 12.4 Å². The second-order valence-corrected chi connectivity index (χ2v) is 11.0. The molecule has 3 aromatic rings. The molecule has 1 aliphatic heterocycles. The van der Waals surface area contributed by atoms with Crippen LogP contribution in [0.15, 0.2) is 54.7 Å². The highest BCUT2D eigenvalue weighted by Gasteiger charge is 2.43. The van der Waals surface area contributed by atoms with Gasteiger partial charge in [-0.15, -0.1) is 0 Å². The predicted molar refractivity (Wildman–Crippen MR) is 159 cm³/mol. The van der Waals surface area contributed by atoms with Gasteiger partial charge in [0.05, 0.1) is 26.2 Å². The summed E-state index contributed by atoms with van der Waals surface area (Å²) in [4.78, 5) is 28.9. The molecule has 2 aromatic heterocycles. The number of aromatic nitrogens is 3. The number of rotatable bonds is 13. The highest BCUT2D eigenvalue weighted by atomic mass is 16.6. The molecule has 9 heteroatoms. The fraction of sp³-hybridized carbons (Fsp3) is 0.500. The largest absolute Gasteiger partial charge is 0.459 e. The van der Waals surface area contributed by atoms with Gasteiger partial charge in [-0.25, -0.2) is 9.97 Å². The van der Waals surface area contributed by atoms with Crippen LogP contribution in [-0.2, 0) is 31.8 Å². The van der Waals surface area contributed by atoms with Gasteiger partial charge in [0, 0.05) is 38.5 Å². The van der Waals surface area contributed by atoms with Crippen molar-refractivity contribution in [2.24, 2.45) is 5.92 Å². The van der Waals surface area contributed by atoms with Gasteiger partial charge in [0.15, 0.2) is 5.82 Å². The van der Waals surface area contributed by atoms with Crippen molar-refractivity contribution in [1.82, 2.24) is 15.0 Å². The lowest BCUT2D eigenvalue weighted by atomic mass is 9.72. The van der Waals surface area contributed by atoms with E-state index in [0.717, 1.165) is 62.6 Å². The average molecular weight is 560 g/mol. The number of esters is 1. The molecule has 0 amide bonds. The molecular weight excluding hydrogens is 518 g/mol. The van der Waals surface area contributed by atoms with Crippen molar-refractivity contribution in [3.63, 3.8) is 0 Å². The first-order chi connectivity index (χ1) is 20.0. The SMILES string of the molecule is CCOCCOCCC(=O)O[C@]1(C)C[C@@H](CNc2cc(N3CCc4ccccc4CC3)nc(-c3ccccn3)n2)C1. The number of hydrogen-bond donors (Lipinski definition) is 1. The average Bonchev–Trinajstić information content (AvgIpc) is 3.20. The zero-order valence-electron chi connectivity index (χ0n) is 24.2. The Morgan fingerprint density at radius 3 is 2.44 bits per heavy atom. The molecule has 1 fully saturated rings. The molecule has 0 unspecified atom stereocenters. The van der Waals surface area contributed by atoms with Crippen LogP contribution in [-0.4, -0.2) is 72.6 Å². The smallest absolute Gasteiger partial charge is 0.308 e. The highest BCUT2D eigenvalue weighted by molar-refractivity contribution is 5.70. The van der Waals surface area contributed by atoms with Crippen LogP contribution >= 0.6 is 0 Å². The maximum absolute atomic E-state index is 12.3. The molecule has 218 valence electrons. The van der Waals surface area contributed by atoms with Crippen LogP contribution in [0.1, 0.15) is 44.2 Å². The number of nitrogens with one attached hydrogen (secondary N) is 1. The van der Waals surface area contributed by atoms with Crippen molar-refractivity contribution in [3.8, 4) is 11.5 Å². The van der Waals surface area contributed by atoms with E-state index in [1.54, 1.807) is 6.20 Å². The van der Waals surface area contributed by atoms with Crippen molar-refractivity contribution in [3.05, 3.63) is 65.9 Å². The topological polar surface area (TPSA) is 98.7 Å². The predicted octanol–water partition coefficient (Wildman–Crippen LogP) is 4.71. The molecule has 0 bridgehead atoms. The van der Waals surface area contributed by atoms with Crippen LogP contribution in [0.25, 0.3) is 11.5 Å². The quantitative estimate of drug-likeness (QED) is 0.236. The third kappa shape index (κ3) is 8.01. The Bertz CT molecular complexity index is 1260. The molecule has 0 spiro atoms. The third-order valence-corrected chi connectivity index (χ3v) is 7.75. The van der Waals surface area contributed by atoms with Gasteiger partial charge in [-0.05, 0) is 68.7 Å². The Morgan fingerprint density at radius 2 is 1.73 bits per heavy atom. The van der Waals surface area contributed by atoms with Gasteiger partial charge in [-0.1, -0.05) is 30.3 Å². The molecule has 2 aliphatic rings. The zero-order valence-corrected chi connectivity index (χ0v) is 24.2. The van der Waals surface area contributed by atoms with Crippen molar-refractivity contribution in [2.45, 2.75) is 51.6 Å². The summed E-state index contributed by atoms with van der Waals surface area (Å²) >= 11 is 0. The first-order valence-electron chi connectivity index (χ1n) is 14.7. The summed E-state index contributed by atoms with van der Waals surface area (Å²) in [7, 11) is 0. The lowest BCUT2D eigenvalue weighted by molar-refractivity contribution is -0.173. The lowest BCUT2D eigenvalue weighted by Crippen LogP contribution is -2.47. The van der Waals surface area contributed by atoms with E-state index >= 15 is 0 Å². The first-order valence-corrected chi connectivity index (χ1v) is 14.7. The van der Waals surface area contributed by atoms with Crippen LogP contribution in [0.4, 0.5) is 11.6 Å². The minimum atomic E-state index is -0.425. The fourth-order valence-corrected chi connectivity index (χ4v) is 5.68. The Kier molecular flexibility index (Phi) is 9.80. The number of benzene rings is 1. The minimum absolute atomic E-state index is 0.213. The molecule has 0 saturated heterocycles. The van der Waals surface area contributed by atoms with E-state index in [0.29, 0.717) is 38.2 Å². The van der Waals surface area contributed by atoms with Crippen LogP contribution < -0.4 is 10.2 Å². The number of pyridine rings is 1. The Morgan fingerprint density at radius 1 is 1.00 bits per heavy atom. The maximum Gasteiger partial charge on any atom is 0.308 e. The highest BCUT2D eigenvalue weighted by Crippen LogP contribution is 2.41. The number of hydrogen-bond acceptors (Lipinski definition) is 9. The summed E-state index contributed by atoms with van der Waals surface area (Å²) in [5.74, 6) is 2.48. The summed E-state index contributed by atoms with van der Waals surface area (Å²) in [5.41, 5.74) is 3.15. The van der Waals surface area contributed by atoms with Gasteiger partial charge in [0.1, 0.15) is 22.9 Å². The van der Waals surface area contributed by atoms with Gasteiger partial charge in [-0.3, -0.25) is 9.78 Å². The van der Waals surface area contributed by atoms with E-state index in [1.165, 1.54) is 11.1 Å². The van der Waals surface area contributed by atoms with E-state index in [2.05, 4.69) is 39.5 Å². The van der Waals surface area contributed by atoms with Gasteiger partial charge < -0.3 is 24.4 Å². The Hall–Kier alpha value is -3.56. The molecule has 41 heavy (non-hydrogen) atoms. The normalized spacial score (nSPS) is 20.0. The minimum Gasteiger partial charge on any atom is -0.459 e. The van der Waals surface area contributed by atoms with Crippen molar-refractivity contribution in [1.29, 1.82) is 0 Å². The van der Waals surface area contributed by atoms with Gasteiger partial charge in [-0.2, -0.15) is 0 Å². The molecular formula is C32H41N5O4. The fourth-order valence-electron chi connectivity index (χ4n) is 5.68. The molecule has 1 aliphatic carbocycles. The van der Waals surface area contributed by atoms with Crippen molar-refractivity contribution in [2.75, 3.05) is 56.3 Å². The summed E-state index contributed by atoms with van der Waals surface area (Å²) < 4.78 is 16.5. The molecule has 1 N–H and O–H groups in total. The number of anilines is 2. The lowest BCUT2D eigenvalue weighted by Gasteiger charge is -2.44. The summed E-state index contributed by atoms with van der Waals surface area (Å²) in [6.07, 6.45) is 5.62. The summed E-state index contributed by atoms with van der Waals surface area (Å²) in [5, 5.41) is 3.54. The van der Waals surface area contributed by atoms with Gasteiger partial charge in [0.2, 0.25) is 0 Å². The maximum atomic E-state index is 12.3. The van der Waals surface area contributed by atoms with Crippen LogP contribution in [0.3, 0.4) is 0 Å². The van der Waals surface area contributed by atoms with Gasteiger partial charge >= 0.3 is 5.97 Å². The molecule has 9 nitrogen and oxygen atoms in total. The summed E-state index contributed by atoms with van der Waals surface area (Å²) in [6.45, 7) is 8.55. The standard InChI is InChI=1S/C32H41N5O4/c1-3-39-18-19-40-17-13-30(38)41-32(2)21-24(22-32)23-34-28-20-29(36-31(35-28)27-10-6-7-14-33-27)37-15-11-25-8-4-5-9-26(25)12-16-37/h4-10,14,20,24H,3,11-13,15-19,21-23H2,1-2H3,(H,34,35,36)/t24-,32-. The van der Waals surface area contributed by atoms with Crippen LogP contribution in [0.2, 0.25) is 0 Å². The number of carbonyl (C=O) groups is 1. The first kappa shape index (κ1) is 29.0. The number of fused-ring (bicyclic) bond motifs is 1.